The molecule has 1 aromatic carbocycles. The smallest absolute Gasteiger partial charge is 0.202 e. The standard InChI is InChI=1S/C19H21BrFNO3/c1-12-8-16(13(2)22(12)10-15-4-3-7-24-15)18(23)11-25-19-6-5-14(20)9-17(19)21/h5-6,8-9,15H,3-4,7,10-11H2,1-2H3/t15-/m0/s1. The minimum Gasteiger partial charge on any atom is -0.482 e. The molecule has 4 nitrogen and oxygen atoms in total. The Kier molecular flexibility index (Phi) is 5.59. The lowest BCUT2D eigenvalue weighted by molar-refractivity contribution is 0.0912. The quantitative estimate of drug-likeness (QED) is 0.661. The second kappa shape index (κ2) is 7.70. The largest absolute Gasteiger partial charge is 0.482 e. The summed E-state index contributed by atoms with van der Waals surface area (Å²) >= 11 is 3.19. The fraction of sp³-hybridized carbons (Fsp3) is 0.421. The van der Waals surface area contributed by atoms with Gasteiger partial charge in [0, 0.05) is 34.6 Å². The molecule has 1 aliphatic heterocycles. The van der Waals surface area contributed by atoms with Gasteiger partial charge in [0.15, 0.2) is 18.2 Å². The summed E-state index contributed by atoms with van der Waals surface area (Å²) in [6.07, 6.45) is 2.34. The molecule has 1 saturated heterocycles. The molecular formula is C19H21BrFNO3. The van der Waals surface area contributed by atoms with E-state index in [1.54, 1.807) is 6.07 Å². The number of benzene rings is 1. The van der Waals surface area contributed by atoms with Gasteiger partial charge in [0.05, 0.1) is 6.10 Å². The summed E-state index contributed by atoms with van der Waals surface area (Å²) in [5, 5.41) is 0. The lowest BCUT2D eigenvalue weighted by Gasteiger charge is -2.14. The van der Waals surface area contributed by atoms with Crippen LogP contribution in [0.1, 0.15) is 34.6 Å². The average Bonchev–Trinajstić information content (AvgIpc) is 3.17. The predicted molar refractivity (Wildman–Crippen MR) is 96.8 cm³/mol. The second-order valence-electron chi connectivity index (χ2n) is 6.32. The van der Waals surface area contributed by atoms with E-state index in [1.807, 2.05) is 19.9 Å². The van der Waals surface area contributed by atoms with Crippen LogP contribution in [0.4, 0.5) is 4.39 Å². The molecule has 2 aromatic rings. The van der Waals surface area contributed by atoms with Gasteiger partial charge >= 0.3 is 0 Å². The molecule has 6 heteroatoms. The van der Waals surface area contributed by atoms with Gasteiger partial charge in [-0.05, 0) is 51.0 Å². The zero-order chi connectivity index (χ0) is 18.0. The molecule has 1 fully saturated rings. The normalized spacial score (nSPS) is 17.0. The summed E-state index contributed by atoms with van der Waals surface area (Å²) < 4.78 is 27.6. The third kappa shape index (κ3) is 4.12. The lowest BCUT2D eigenvalue weighted by Crippen LogP contribution is -2.18. The highest BCUT2D eigenvalue weighted by Crippen LogP contribution is 2.23. The number of aryl methyl sites for hydroxylation is 1. The van der Waals surface area contributed by atoms with Crippen molar-refractivity contribution in [2.45, 2.75) is 39.3 Å². The van der Waals surface area contributed by atoms with Crippen LogP contribution in [0, 0.1) is 19.7 Å². The monoisotopic (exact) mass is 409 g/mol. The third-order valence-electron chi connectivity index (χ3n) is 4.54. The molecule has 2 heterocycles. The number of ketones is 1. The predicted octanol–water partition coefficient (Wildman–Crippen LogP) is 4.45. The van der Waals surface area contributed by atoms with Crippen LogP contribution in [0.2, 0.25) is 0 Å². The highest BCUT2D eigenvalue weighted by Gasteiger charge is 2.21. The first kappa shape index (κ1) is 18.1. The van der Waals surface area contributed by atoms with Gasteiger partial charge in [0.1, 0.15) is 0 Å². The SMILES string of the molecule is Cc1cc(C(=O)COc2ccc(Br)cc2F)c(C)n1C[C@@H]1CCCO1. The van der Waals surface area contributed by atoms with Crippen molar-refractivity contribution >= 4 is 21.7 Å². The molecular weight excluding hydrogens is 389 g/mol. The minimum absolute atomic E-state index is 0.0738. The van der Waals surface area contributed by atoms with Gasteiger partial charge < -0.3 is 14.0 Å². The fourth-order valence-electron chi connectivity index (χ4n) is 3.17. The molecule has 1 aliphatic rings. The molecule has 0 radical (unpaired) electrons. The van der Waals surface area contributed by atoms with Gasteiger partial charge in [-0.25, -0.2) is 4.39 Å². The Hall–Kier alpha value is -1.66. The van der Waals surface area contributed by atoms with E-state index in [1.165, 1.54) is 12.1 Å². The zero-order valence-corrected chi connectivity index (χ0v) is 15.9. The van der Waals surface area contributed by atoms with E-state index in [9.17, 15) is 9.18 Å². The third-order valence-corrected chi connectivity index (χ3v) is 5.03. The van der Waals surface area contributed by atoms with Crippen molar-refractivity contribution in [1.82, 2.24) is 4.57 Å². The summed E-state index contributed by atoms with van der Waals surface area (Å²) in [6.45, 7) is 5.28. The molecule has 0 spiro atoms. The number of hydrogen-bond acceptors (Lipinski definition) is 3. The van der Waals surface area contributed by atoms with Gasteiger partial charge in [0.25, 0.3) is 0 Å². The summed E-state index contributed by atoms with van der Waals surface area (Å²) in [5.41, 5.74) is 2.54. The van der Waals surface area contributed by atoms with Crippen molar-refractivity contribution in [3.63, 3.8) is 0 Å². The molecule has 0 amide bonds. The number of Topliss-reactive ketones (excluding diaryl/α,β-unsaturated/α-hetero) is 1. The lowest BCUT2D eigenvalue weighted by atomic mass is 10.1. The van der Waals surface area contributed by atoms with Crippen molar-refractivity contribution < 1.29 is 18.7 Å². The van der Waals surface area contributed by atoms with E-state index in [4.69, 9.17) is 9.47 Å². The number of ether oxygens (including phenoxy) is 2. The van der Waals surface area contributed by atoms with Gasteiger partial charge in [0.2, 0.25) is 5.78 Å². The maximum Gasteiger partial charge on any atom is 0.202 e. The van der Waals surface area contributed by atoms with Crippen LogP contribution in [-0.2, 0) is 11.3 Å². The highest BCUT2D eigenvalue weighted by molar-refractivity contribution is 9.10. The average molecular weight is 410 g/mol. The second-order valence-corrected chi connectivity index (χ2v) is 7.23. The molecule has 25 heavy (non-hydrogen) atoms. The van der Waals surface area contributed by atoms with Crippen LogP contribution in [0.3, 0.4) is 0 Å². The van der Waals surface area contributed by atoms with Crippen molar-refractivity contribution in [2.24, 2.45) is 0 Å². The Morgan fingerprint density at radius 2 is 2.20 bits per heavy atom. The Morgan fingerprint density at radius 3 is 2.88 bits per heavy atom. The number of carbonyl (C=O) groups is 1. The maximum atomic E-state index is 13.8. The Labute approximate surface area is 155 Å². The molecule has 134 valence electrons. The van der Waals surface area contributed by atoms with Gasteiger partial charge in [-0.2, -0.15) is 0 Å². The van der Waals surface area contributed by atoms with Crippen molar-refractivity contribution in [3.05, 3.63) is 51.5 Å². The Bertz CT molecular complexity index is 781. The summed E-state index contributed by atoms with van der Waals surface area (Å²) in [5.74, 6) is -0.579. The van der Waals surface area contributed by atoms with Gasteiger partial charge in [-0.1, -0.05) is 15.9 Å². The van der Waals surface area contributed by atoms with E-state index in [0.29, 0.717) is 10.0 Å². The zero-order valence-electron chi connectivity index (χ0n) is 14.4. The minimum atomic E-state index is -0.494. The molecule has 0 N–H and O–H groups in total. The molecule has 0 aliphatic carbocycles. The van der Waals surface area contributed by atoms with Crippen molar-refractivity contribution in [3.8, 4) is 5.75 Å². The van der Waals surface area contributed by atoms with Crippen molar-refractivity contribution in [1.29, 1.82) is 0 Å². The highest BCUT2D eigenvalue weighted by atomic mass is 79.9. The van der Waals surface area contributed by atoms with Crippen LogP contribution in [0.15, 0.2) is 28.7 Å². The number of aromatic nitrogens is 1. The molecule has 0 saturated carbocycles. The number of rotatable bonds is 6. The maximum absolute atomic E-state index is 13.8. The van der Waals surface area contributed by atoms with E-state index < -0.39 is 5.82 Å². The van der Waals surface area contributed by atoms with Crippen LogP contribution in [0.25, 0.3) is 0 Å². The van der Waals surface area contributed by atoms with Gasteiger partial charge in [-0.15, -0.1) is 0 Å². The molecule has 1 aromatic heterocycles. The van der Waals surface area contributed by atoms with E-state index in [2.05, 4.69) is 20.5 Å². The first-order chi connectivity index (χ1) is 12.0. The molecule has 1 atom stereocenters. The van der Waals surface area contributed by atoms with Crippen LogP contribution in [0.5, 0.6) is 5.75 Å². The van der Waals surface area contributed by atoms with Gasteiger partial charge in [-0.3, -0.25) is 4.79 Å². The topological polar surface area (TPSA) is 40.5 Å². The Balaban J connectivity index is 1.69. The molecule has 3 rings (SSSR count). The van der Waals surface area contributed by atoms with E-state index in [0.717, 1.165) is 37.4 Å². The summed E-state index contributed by atoms with van der Waals surface area (Å²) in [6, 6.07) is 6.37. The van der Waals surface area contributed by atoms with E-state index in [-0.39, 0.29) is 24.2 Å². The van der Waals surface area contributed by atoms with Crippen molar-refractivity contribution in [2.75, 3.05) is 13.2 Å². The summed E-state index contributed by atoms with van der Waals surface area (Å²) in [4.78, 5) is 12.5. The van der Waals surface area contributed by atoms with E-state index >= 15 is 0 Å². The number of halogens is 2. The number of carbonyl (C=O) groups excluding carboxylic acids is 1. The number of nitrogens with zero attached hydrogens (tertiary/aromatic N) is 1. The first-order valence-corrected chi connectivity index (χ1v) is 9.14. The summed E-state index contributed by atoms with van der Waals surface area (Å²) in [7, 11) is 0. The number of hydrogen-bond donors (Lipinski definition) is 0. The Morgan fingerprint density at radius 1 is 1.40 bits per heavy atom. The molecule has 0 unspecified atom stereocenters. The van der Waals surface area contributed by atoms with Crippen LogP contribution >= 0.6 is 15.9 Å². The first-order valence-electron chi connectivity index (χ1n) is 8.35. The molecule has 0 bridgehead atoms. The van der Waals surface area contributed by atoms with Crippen LogP contribution in [-0.4, -0.2) is 29.7 Å². The fourth-order valence-corrected chi connectivity index (χ4v) is 3.50. The van der Waals surface area contributed by atoms with Crippen LogP contribution < -0.4 is 4.74 Å².